The van der Waals surface area contributed by atoms with E-state index in [1.165, 1.54) is 0 Å². The van der Waals surface area contributed by atoms with Gasteiger partial charge in [-0.2, -0.15) is 0 Å². The molecule has 2 aromatic carbocycles. The lowest BCUT2D eigenvalue weighted by Crippen LogP contribution is -2.49. The molecular formula is C24H32N4O3. The van der Waals surface area contributed by atoms with Crippen molar-refractivity contribution in [1.29, 1.82) is 0 Å². The van der Waals surface area contributed by atoms with Gasteiger partial charge >= 0.3 is 6.03 Å². The van der Waals surface area contributed by atoms with E-state index in [1.807, 2.05) is 43.4 Å². The normalized spacial score (nSPS) is 17.7. The Balaban J connectivity index is 1.40. The van der Waals surface area contributed by atoms with Crippen LogP contribution in [0.25, 0.3) is 0 Å². The second-order valence-electron chi connectivity index (χ2n) is 8.35. The molecule has 0 radical (unpaired) electrons. The minimum Gasteiger partial charge on any atom is -0.486 e. The average Bonchev–Trinajstić information content (AvgIpc) is 2.80. The monoisotopic (exact) mass is 424 g/mol. The van der Waals surface area contributed by atoms with E-state index in [0.717, 1.165) is 55.3 Å². The van der Waals surface area contributed by atoms with Gasteiger partial charge in [0.05, 0.1) is 6.04 Å². The molecular weight excluding hydrogens is 392 g/mol. The highest BCUT2D eigenvalue weighted by Gasteiger charge is 2.23. The first-order valence-electron chi connectivity index (χ1n) is 10.9. The van der Waals surface area contributed by atoms with Gasteiger partial charge in [0.2, 0.25) is 0 Å². The summed E-state index contributed by atoms with van der Waals surface area (Å²) in [7, 11) is 3.98. The summed E-state index contributed by atoms with van der Waals surface area (Å²) in [5, 5.41) is 3.25. The number of nitrogens with zero attached hydrogens (tertiary/aromatic N) is 3. The quantitative estimate of drug-likeness (QED) is 0.773. The van der Waals surface area contributed by atoms with Crippen molar-refractivity contribution >= 4 is 6.03 Å². The van der Waals surface area contributed by atoms with E-state index in [2.05, 4.69) is 34.3 Å². The van der Waals surface area contributed by atoms with E-state index in [1.54, 1.807) is 4.90 Å². The molecule has 7 heteroatoms. The van der Waals surface area contributed by atoms with E-state index in [-0.39, 0.29) is 12.1 Å². The van der Waals surface area contributed by atoms with Crippen molar-refractivity contribution in [1.82, 2.24) is 20.0 Å². The summed E-state index contributed by atoms with van der Waals surface area (Å²) in [5.41, 5.74) is 2.14. The highest BCUT2D eigenvalue weighted by atomic mass is 16.6. The molecule has 0 spiro atoms. The Labute approximate surface area is 184 Å². The molecule has 1 N–H and O–H groups in total. The van der Waals surface area contributed by atoms with Crippen LogP contribution in [-0.4, -0.2) is 80.8 Å². The molecule has 7 nitrogen and oxygen atoms in total. The molecule has 2 aliphatic heterocycles. The van der Waals surface area contributed by atoms with E-state index >= 15 is 0 Å². The van der Waals surface area contributed by atoms with E-state index in [9.17, 15) is 4.79 Å². The van der Waals surface area contributed by atoms with Gasteiger partial charge < -0.3 is 24.6 Å². The first-order valence-corrected chi connectivity index (χ1v) is 10.9. The number of rotatable bonds is 6. The Kier molecular flexibility index (Phi) is 6.94. The lowest BCUT2D eigenvalue weighted by molar-refractivity contribution is 0.140. The third kappa shape index (κ3) is 5.68. The van der Waals surface area contributed by atoms with Crippen LogP contribution in [-0.2, 0) is 6.54 Å². The van der Waals surface area contributed by atoms with E-state index < -0.39 is 0 Å². The molecule has 2 aromatic rings. The van der Waals surface area contributed by atoms with Crippen LogP contribution in [0.4, 0.5) is 4.79 Å². The third-order valence-corrected chi connectivity index (χ3v) is 5.91. The minimum atomic E-state index is -0.0853. The number of fused-ring (bicyclic) bond motifs is 1. The van der Waals surface area contributed by atoms with Crippen molar-refractivity contribution in [3.63, 3.8) is 0 Å². The van der Waals surface area contributed by atoms with Gasteiger partial charge in [0.25, 0.3) is 0 Å². The molecule has 1 fully saturated rings. The summed E-state index contributed by atoms with van der Waals surface area (Å²) < 4.78 is 11.3. The van der Waals surface area contributed by atoms with Crippen LogP contribution >= 0.6 is 0 Å². The fourth-order valence-electron chi connectivity index (χ4n) is 4.00. The number of likely N-dealkylation sites (N-methyl/N-ethyl adjacent to an activating group) is 1. The second kappa shape index (κ2) is 10.0. The minimum absolute atomic E-state index is 0.0557. The van der Waals surface area contributed by atoms with Gasteiger partial charge in [0, 0.05) is 46.3 Å². The van der Waals surface area contributed by atoms with Crippen molar-refractivity contribution in [2.75, 3.05) is 60.0 Å². The van der Waals surface area contributed by atoms with Gasteiger partial charge in [0.1, 0.15) is 13.2 Å². The van der Waals surface area contributed by atoms with Crippen molar-refractivity contribution < 1.29 is 14.3 Å². The van der Waals surface area contributed by atoms with Crippen molar-refractivity contribution in [3.05, 3.63) is 59.7 Å². The SMILES string of the molecule is CN1CCN(CC(NC(=O)N(C)Cc2ccc3c(c2)OCCO3)c2ccccc2)CC1. The average molecular weight is 425 g/mol. The molecule has 166 valence electrons. The van der Waals surface area contributed by atoms with Gasteiger partial charge in [-0.15, -0.1) is 0 Å². The maximum absolute atomic E-state index is 13.0. The summed E-state index contributed by atoms with van der Waals surface area (Å²) in [6.07, 6.45) is 0. The van der Waals surface area contributed by atoms with Crippen LogP contribution in [0.3, 0.4) is 0 Å². The number of hydrogen-bond acceptors (Lipinski definition) is 5. The van der Waals surface area contributed by atoms with Gasteiger partial charge in [-0.25, -0.2) is 4.79 Å². The highest BCUT2D eigenvalue weighted by Crippen LogP contribution is 2.31. The number of piperazine rings is 1. The molecule has 4 rings (SSSR count). The highest BCUT2D eigenvalue weighted by molar-refractivity contribution is 5.74. The van der Waals surface area contributed by atoms with Crippen LogP contribution in [0, 0.1) is 0 Å². The lowest BCUT2D eigenvalue weighted by atomic mass is 10.1. The van der Waals surface area contributed by atoms with Gasteiger partial charge in [0.15, 0.2) is 11.5 Å². The summed E-state index contributed by atoms with van der Waals surface area (Å²) >= 11 is 0. The molecule has 1 atom stereocenters. The predicted octanol–water partition coefficient (Wildman–Crippen LogP) is 2.59. The molecule has 2 amide bonds. The number of amides is 2. The van der Waals surface area contributed by atoms with E-state index in [0.29, 0.717) is 19.8 Å². The van der Waals surface area contributed by atoms with Gasteiger partial charge in [-0.3, -0.25) is 4.90 Å². The van der Waals surface area contributed by atoms with E-state index in [4.69, 9.17) is 9.47 Å². The molecule has 2 heterocycles. The summed E-state index contributed by atoms with van der Waals surface area (Å²) in [6.45, 7) is 6.57. The molecule has 1 unspecified atom stereocenters. The predicted molar refractivity (Wildman–Crippen MR) is 121 cm³/mol. The molecule has 0 bridgehead atoms. The Morgan fingerprint density at radius 3 is 2.48 bits per heavy atom. The molecule has 31 heavy (non-hydrogen) atoms. The number of nitrogens with one attached hydrogen (secondary N) is 1. The lowest BCUT2D eigenvalue weighted by Gasteiger charge is -2.35. The maximum atomic E-state index is 13.0. The Bertz CT molecular complexity index is 868. The van der Waals surface area contributed by atoms with Crippen LogP contribution in [0.1, 0.15) is 17.2 Å². The molecule has 0 aromatic heterocycles. The third-order valence-electron chi connectivity index (χ3n) is 5.91. The largest absolute Gasteiger partial charge is 0.486 e. The second-order valence-corrected chi connectivity index (χ2v) is 8.35. The van der Waals surface area contributed by atoms with Gasteiger partial charge in [-0.1, -0.05) is 36.4 Å². The molecule has 0 aliphatic carbocycles. The fraction of sp³-hybridized carbons (Fsp3) is 0.458. The number of hydrogen-bond donors (Lipinski definition) is 1. The van der Waals surface area contributed by atoms with Crippen LogP contribution in [0.5, 0.6) is 11.5 Å². The number of ether oxygens (including phenoxy) is 2. The summed E-state index contributed by atoms with van der Waals surface area (Å²) in [5.74, 6) is 1.51. The van der Waals surface area contributed by atoms with Crippen LogP contribution < -0.4 is 14.8 Å². The smallest absolute Gasteiger partial charge is 0.317 e. The number of urea groups is 1. The molecule has 0 saturated carbocycles. The van der Waals surface area contributed by atoms with Crippen molar-refractivity contribution in [3.8, 4) is 11.5 Å². The zero-order valence-electron chi connectivity index (χ0n) is 18.4. The van der Waals surface area contributed by atoms with Crippen LogP contribution in [0.2, 0.25) is 0 Å². The Morgan fingerprint density at radius 2 is 1.74 bits per heavy atom. The number of carbonyl (C=O) groups excluding carboxylic acids is 1. The molecule has 2 aliphatic rings. The first-order chi connectivity index (χ1) is 15.1. The summed E-state index contributed by atoms with van der Waals surface area (Å²) in [4.78, 5) is 19.5. The fourth-order valence-corrected chi connectivity index (χ4v) is 4.00. The van der Waals surface area contributed by atoms with Crippen molar-refractivity contribution in [2.24, 2.45) is 0 Å². The van der Waals surface area contributed by atoms with Gasteiger partial charge in [-0.05, 0) is 30.3 Å². The number of carbonyl (C=O) groups is 1. The zero-order chi connectivity index (χ0) is 21.6. The summed E-state index contributed by atoms with van der Waals surface area (Å²) in [6, 6.07) is 15.9. The first kappa shape index (κ1) is 21.5. The zero-order valence-corrected chi connectivity index (χ0v) is 18.4. The topological polar surface area (TPSA) is 57.3 Å². The number of benzene rings is 2. The Morgan fingerprint density at radius 1 is 1.03 bits per heavy atom. The standard InChI is InChI=1S/C24H32N4O3/c1-26-10-12-28(13-11-26)18-21(20-6-4-3-5-7-20)25-24(29)27(2)17-19-8-9-22-23(16-19)31-15-14-30-22/h3-9,16,21H,10-15,17-18H2,1-2H3,(H,25,29). The maximum Gasteiger partial charge on any atom is 0.317 e. The van der Waals surface area contributed by atoms with Crippen molar-refractivity contribution in [2.45, 2.75) is 12.6 Å². The molecule has 1 saturated heterocycles. The van der Waals surface area contributed by atoms with Crippen LogP contribution in [0.15, 0.2) is 48.5 Å². The Hall–Kier alpha value is -2.77.